The normalized spacial score (nSPS) is 18.4. The highest BCUT2D eigenvalue weighted by Gasteiger charge is 2.43. The molecule has 0 atom stereocenters. The lowest BCUT2D eigenvalue weighted by molar-refractivity contribution is -0.117. The van der Waals surface area contributed by atoms with E-state index < -0.39 is 0 Å². The first-order chi connectivity index (χ1) is 17.4. The molecule has 5 rings (SSSR count). The lowest BCUT2D eigenvalue weighted by atomic mass is 9.71. The Labute approximate surface area is 221 Å². The maximum atomic E-state index is 13.4. The molecule has 5 nitrogen and oxygen atoms in total. The van der Waals surface area contributed by atoms with Gasteiger partial charge in [-0.3, -0.25) is 9.59 Å². The van der Waals surface area contributed by atoms with Gasteiger partial charge in [0.1, 0.15) is 6.61 Å². The van der Waals surface area contributed by atoms with Crippen molar-refractivity contribution in [3.63, 3.8) is 0 Å². The van der Waals surface area contributed by atoms with Crippen LogP contribution in [0.25, 0.3) is 0 Å². The van der Waals surface area contributed by atoms with Crippen LogP contribution < -0.4 is 9.47 Å². The molecule has 2 aromatic carbocycles. The van der Waals surface area contributed by atoms with Crippen LogP contribution in [0.1, 0.15) is 68.1 Å². The van der Waals surface area contributed by atoms with Gasteiger partial charge in [-0.1, -0.05) is 29.8 Å². The van der Waals surface area contributed by atoms with Crippen molar-refractivity contribution in [2.45, 2.75) is 64.9 Å². The number of Topliss-reactive ketones (excluding diaryl/α,β-unsaturated/α-hetero) is 2. The molecule has 2 aliphatic carbocycles. The molecule has 0 N–H and O–H groups in total. The van der Waals surface area contributed by atoms with E-state index in [1.54, 1.807) is 7.11 Å². The molecule has 36 heavy (non-hydrogen) atoms. The first-order valence-corrected chi connectivity index (χ1v) is 13.6. The largest absolute Gasteiger partial charge is 0.493 e. The highest BCUT2D eigenvalue weighted by atomic mass is 79.9. The van der Waals surface area contributed by atoms with Crippen LogP contribution in [0.2, 0.25) is 0 Å². The van der Waals surface area contributed by atoms with Gasteiger partial charge in [0.15, 0.2) is 23.1 Å². The SMILES string of the molecule is CCN1C2=C(C(=O)CCC2)C(c2cc(Br)c(OCc3ccc(C)cc3)c(OC)c2)C2=C1CCCC2=O. The summed E-state index contributed by atoms with van der Waals surface area (Å²) in [6.07, 6.45) is 4.50. The average molecular weight is 550 g/mol. The topological polar surface area (TPSA) is 55.8 Å². The molecule has 0 fully saturated rings. The molecular weight excluding hydrogens is 518 g/mol. The number of ketones is 2. The molecule has 0 unspecified atom stereocenters. The summed E-state index contributed by atoms with van der Waals surface area (Å²) in [5, 5.41) is 0. The van der Waals surface area contributed by atoms with E-state index in [0.29, 0.717) is 30.9 Å². The highest BCUT2D eigenvalue weighted by molar-refractivity contribution is 9.10. The maximum absolute atomic E-state index is 13.4. The predicted octanol–water partition coefficient (Wildman–Crippen LogP) is 6.78. The number of carbonyl (C=O) groups is 2. The van der Waals surface area contributed by atoms with Gasteiger partial charge in [0, 0.05) is 47.8 Å². The van der Waals surface area contributed by atoms with E-state index in [9.17, 15) is 9.59 Å². The molecule has 0 amide bonds. The Bertz CT molecular complexity index is 1230. The Morgan fingerprint density at radius 3 is 2.11 bits per heavy atom. The monoisotopic (exact) mass is 549 g/mol. The van der Waals surface area contributed by atoms with Crippen LogP contribution in [0.5, 0.6) is 11.5 Å². The van der Waals surface area contributed by atoms with Crippen LogP contribution in [0.15, 0.2) is 63.4 Å². The molecule has 188 valence electrons. The first kappa shape index (κ1) is 24.8. The third-order valence-corrected chi connectivity index (χ3v) is 8.08. The second kappa shape index (κ2) is 10.3. The van der Waals surface area contributed by atoms with E-state index in [-0.39, 0.29) is 17.5 Å². The summed E-state index contributed by atoms with van der Waals surface area (Å²) in [6.45, 7) is 5.34. The van der Waals surface area contributed by atoms with Gasteiger partial charge in [-0.2, -0.15) is 0 Å². The lowest BCUT2D eigenvalue weighted by Gasteiger charge is -2.43. The van der Waals surface area contributed by atoms with E-state index in [1.165, 1.54) is 5.56 Å². The van der Waals surface area contributed by atoms with Crippen molar-refractivity contribution in [1.29, 1.82) is 0 Å². The fourth-order valence-corrected chi connectivity index (χ4v) is 6.39. The third kappa shape index (κ3) is 4.40. The minimum Gasteiger partial charge on any atom is -0.493 e. The summed E-state index contributed by atoms with van der Waals surface area (Å²) < 4.78 is 12.7. The molecule has 0 bridgehead atoms. The summed E-state index contributed by atoms with van der Waals surface area (Å²) in [7, 11) is 1.62. The van der Waals surface area contributed by atoms with Crippen molar-refractivity contribution >= 4 is 27.5 Å². The van der Waals surface area contributed by atoms with Crippen LogP contribution in [-0.4, -0.2) is 30.1 Å². The minimum absolute atomic E-state index is 0.152. The molecule has 0 saturated heterocycles. The smallest absolute Gasteiger partial charge is 0.175 e. The van der Waals surface area contributed by atoms with E-state index >= 15 is 0 Å². The second-order valence-electron chi connectivity index (χ2n) is 9.76. The fraction of sp³-hybridized carbons (Fsp3) is 0.400. The number of ether oxygens (including phenoxy) is 2. The van der Waals surface area contributed by atoms with Crippen LogP contribution in [0.4, 0.5) is 0 Å². The van der Waals surface area contributed by atoms with Crippen molar-refractivity contribution in [3.05, 3.63) is 80.1 Å². The maximum Gasteiger partial charge on any atom is 0.175 e. The Hall–Kier alpha value is -2.86. The van der Waals surface area contributed by atoms with Gasteiger partial charge in [-0.25, -0.2) is 0 Å². The van der Waals surface area contributed by atoms with Gasteiger partial charge in [-0.05, 0) is 78.7 Å². The molecule has 3 aliphatic rings. The van der Waals surface area contributed by atoms with Gasteiger partial charge >= 0.3 is 0 Å². The van der Waals surface area contributed by atoms with E-state index in [2.05, 4.69) is 58.9 Å². The number of hydrogen-bond donors (Lipinski definition) is 0. The Kier molecular flexibility index (Phi) is 7.07. The standard InChI is InChI=1S/C30H32BrNO4/c1-4-32-22-7-5-9-24(33)28(22)27(29-23(32)8-6-10-25(29)34)20-15-21(31)30(26(16-20)35-3)36-17-19-13-11-18(2)12-14-19/h11-16,27H,4-10,17H2,1-3H3. The average Bonchev–Trinajstić information content (AvgIpc) is 2.87. The summed E-state index contributed by atoms with van der Waals surface area (Å²) in [6, 6.07) is 12.2. The quantitative estimate of drug-likeness (QED) is 0.397. The highest BCUT2D eigenvalue weighted by Crippen LogP contribution is 2.51. The van der Waals surface area contributed by atoms with Crippen molar-refractivity contribution in [1.82, 2.24) is 4.90 Å². The molecule has 0 radical (unpaired) electrons. The van der Waals surface area contributed by atoms with E-state index in [1.807, 2.05) is 12.1 Å². The van der Waals surface area contributed by atoms with Gasteiger partial charge in [0.2, 0.25) is 0 Å². The summed E-state index contributed by atoms with van der Waals surface area (Å²) in [5.74, 6) is 1.13. The molecule has 0 aromatic heterocycles. The lowest BCUT2D eigenvalue weighted by Crippen LogP contribution is -2.39. The number of hydrogen-bond acceptors (Lipinski definition) is 5. The van der Waals surface area contributed by atoms with Gasteiger partial charge in [0.25, 0.3) is 0 Å². The predicted molar refractivity (Wildman–Crippen MR) is 143 cm³/mol. The zero-order valence-corrected chi connectivity index (χ0v) is 22.7. The van der Waals surface area contributed by atoms with Crippen LogP contribution in [-0.2, 0) is 16.2 Å². The van der Waals surface area contributed by atoms with Gasteiger partial charge < -0.3 is 14.4 Å². The van der Waals surface area contributed by atoms with Crippen molar-refractivity contribution < 1.29 is 19.1 Å². The number of rotatable bonds is 6. The second-order valence-corrected chi connectivity index (χ2v) is 10.6. The summed E-state index contributed by atoms with van der Waals surface area (Å²) in [4.78, 5) is 29.0. The van der Waals surface area contributed by atoms with E-state index in [0.717, 1.165) is 70.4 Å². The molecule has 2 aromatic rings. The number of nitrogens with zero attached hydrogens (tertiary/aromatic N) is 1. The zero-order chi connectivity index (χ0) is 25.4. The Morgan fingerprint density at radius 2 is 1.56 bits per heavy atom. The fourth-order valence-electron chi connectivity index (χ4n) is 5.82. The number of methoxy groups -OCH3 is 1. The first-order valence-electron chi connectivity index (χ1n) is 12.8. The molecule has 6 heteroatoms. The summed E-state index contributed by atoms with van der Waals surface area (Å²) >= 11 is 3.71. The molecule has 0 spiro atoms. The third-order valence-electron chi connectivity index (χ3n) is 7.49. The Balaban J connectivity index is 1.59. The zero-order valence-electron chi connectivity index (χ0n) is 21.2. The summed E-state index contributed by atoms with van der Waals surface area (Å²) in [5.41, 5.74) is 6.94. The molecule has 0 saturated carbocycles. The van der Waals surface area contributed by atoms with Crippen LogP contribution in [0, 0.1) is 6.92 Å². The van der Waals surface area contributed by atoms with Gasteiger partial charge in [-0.15, -0.1) is 0 Å². The van der Waals surface area contributed by atoms with Gasteiger partial charge in [0.05, 0.1) is 11.6 Å². The molecular formula is C30H32BrNO4. The van der Waals surface area contributed by atoms with Crippen LogP contribution >= 0.6 is 15.9 Å². The van der Waals surface area contributed by atoms with Crippen molar-refractivity contribution in [2.24, 2.45) is 0 Å². The Morgan fingerprint density at radius 1 is 0.944 bits per heavy atom. The minimum atomic E-state index is -0.366. The number of allylic oxidation sites excluding steroid dienone is 4. The van der Waals surface area contributed by atoms with Crippen LogP contribution in [0.3, 0.4) is 0 Å². The molecule has 1 heterocycles. The van der Waals surface area contributed by atoms with E-state index in [4.69, 9.17) is 9.47 Å². The van der Waals surface area contributed by atoms with Crippen molar-refractivity contribution in [3.8, 4) is 11.5 Å². The number of aryl methyl sites for hydroxylation is 1. The van der Waals surface area contributed by atoms with Crippen molar-refractivity contribution in [2.75, 3.05) is 13.7 Å². The number of halogens is 1. The molecule has 1 aliphatic heterocycles. The number of carbonyl (C=O) groups excluding carboxylic acids is 2. The number of benzene rings is 2.